The Morgan fingerprint density at radius 3 is 2.97 bits per heavy atom. The van der Waals surface area contributed by atoms with Gasteiger partial charge in [0.1, 0.15) is 10.6 Å². The first-order chi connectivity index (χ1) is 14.2. The summed E-state index contributed by atoms with van der Waals surface area (Å²) < 4.78 is 11.7. The van der Waals surface area contributed by atoms with Crippen LogP contribution in [0, 0.1) is 0 Å². The van der Waals surface area contributed by atoms with Crippen LogP contribution in [0.15, 0.2) is 59.8 Å². The van der Waals surface area contributed by atoms with E-state index in [9.17, 15) is 4.79 Å². The maximum absolute atomic E-state index is 12.4. The van der Waals surface area contributed by atoms with E-state index in [1.54, 1.807) is 19.4 Å². The van der Waals surface area contributed by atoms with Gasteiger partial charge in [-0.05, 0) is 54.4 Å². The molecule has 4 aromatic rings. The van der Waals surface area contributed by atoms with Crippen LogP contribution in [0.25, 0.3) is 22.2 Å². The summed E-state index contributed by atoms with van der Waals surface area (Å²) in [5.41, 5.74) is 6.04. The summed E-state index contributed by atoms with van der Waals surface area (Å²) in [6.07, 6.45) is 3.44. The number of aromatic nitrogens is 3. The van der Waals surface area contributed by atoms with Gasteiger partial charge in [0, 0.05) is 17.5 Å². The van der Waals surface area contributed by atoms with E-state index in [0.29, 0.717) is 16.3 Å². The lowest BCUT2D eigenvalue weighted by molar-refractivity contribution is 0.0959. The quantitative estimate of drug-likeness (QED) is 0.389. The number of nitrogens with zero attached hydrogens (tertiary/aromatic N) is 4. The topological polar surface area (TPSA) is 81.4 Å². The van der Waals surface area contributed by atoms with Crippen molar-refractivity contribution >= 4 is 34.6 Å². The molecule has 1 N–H and O–H groups in total. The van der Waals surface area contributed by atoms with Crippen LogP contribution in [0.2, 0.25) is 0 Å². The molecule has 0 saturated heterocycles. The fraction of sp³-hybridized carbons (Fsp3) is 0.143. The summed E-state index contributed by atoms with van der Waals surface area (Å²) in [6, 6.07) is 15.2. The van der Waals surface area contributed by atoms with E-state index in [2.05, 4.69) is 26.9 Å². The van der Waals surface area contributed by atoms with Gasteiger partial charge in [0.25, 0.3) is 5.91 Å². The SMILES string of the molecule is CCn1ncc2cc(C=NNC(=O)c3cc(-c4ccccc4OC)ns3)ccc21. The Balaban J connectivity index is 1.45. The van der Waals surface area contributed by atoms with E-state index in [0.717, 1.165) is 40.1 Å². The molecule has 0 fully saturated rings. The highest BCUT2D eigenvalue weighted by atomic mass is 32.1. The fourth-order valence-corrected chi connectivity index (χ4v) is 3.66. The van der Waals surface area contributed by atoms with Gasteiger partial charge in [0.15, 0.2) is 0 Å². The van der Waals surface area contributed by atoms with Crippen LogP contribution in [-0.4, -0.2) is 33.4 Å². The van der Waals surface area contributed by atoms with Crippen molar-refractivity contribution < 1.29 is 9.53 Å². The standard InChI is InChI=1S/C21H19N5O2S/c1-3-26-18-9-8-14(10-15(18)13-23-26)12-22-24-21(27)20-11-17(25-29-20)16-6-4-5-7-19(16)28-2/h4-13H,3H2,1-2H3,(H,24,27). The number of carbonyl (C=O) groups is 1. The molecule has 146 valence electrons. The third-order valence-electron chi connectivity index (χ3n) is 4.46. The predicted molar refractivity (Wildman–Crippen MR) is 115 cm³/mol. The van der Waals surface area contributed by atoms with Gasteiger partial charge in [-0.3, -0.25) is 9.48 Å². The normalized spacial score (nSPS) is 11.2. The number of hydrogen-bond donors (Lipinski definition) is 1. The van der Waals surface area contributed by atoms with E-state index < -0.39 is 0 Å². The summed E-state index contributed by atoms with van der Waals surface area (Å²) in [4.78, 5) is 12.9. The number of ether oxygens (including phenoxy) is 1. The molecule has 8 heteroatoms. The van der Waals surface area contributed by atoms with Gasteiger partial charge in [-0.2, -0.15) is 14.6 Å². The molecule has 2 aromatic heterocycles. The molecule has 2 aromatic carbocycles. The van der Waals surface area contributed by atoms with Gasteiger partial charge in [-0.25, -0.2) is 5.43 Å². The third-order valence-corrected chi connectivity index (χ3v) is 5.25. The van der Waals surface area contributed by atoms with Crippen molar-refractivity contribution in [2.24, 2.45) is 5.10 Å². The minimum Gasteiger partial charge on any atom is -0.496 e. The first-order valence-electron chi connectivity index (χ1n) is 9.08. The molecule has 0 bridgehead atoms. The molecule has 0 unspecified atom stereocenters. The van der Waals surface area contributed by atoms with Gasteiger partial charge >= 0.3 is 0 Å². The number of methoxy groups -OCH3 is 1. The Kier molecular flexibility index (Phi) is 5.35. The van der Waals surface area contributed by atoms with Gasteiger partial charge in [-0.15, -0.1) is 0 Å². The third kappa shape index (κ3) is 3.88. The molecule has 7 nitrogen and oxygen atoms in total. The van der Waals surface area contributed by atoms with Gasteiger partial charge in [0.2, 0.25) is 0 Å². The second kappa shape index (κ2) is 8.24. The van der Waals surface area contributed by atoms with Crippen LogP contribution in [0.5, 0.6) is 5.75 Å². The molecule has 0 aliphatic heterocycles. The number of rotatable bonds is 6. The van der Waals surface area contributed by atoms with Crippen LogP contribution < -0.4 is 10.2 Å². The lowest BCUT2D eigenvalue weighted by Gasteiger charge is -2.04. The van der Waals surface area contributed by atoms with Gasteiger partial charge < -0.3 is 4.74 Å². The number of benzene rings is 2. The lowest BCUT2D eigenvalue weighted by Crippen LogP contribution is -2.16. The Labute approximate surface area is 171 Å². The van der Waals surface area contributed by atoms with Gasteiger partial charge in [0.05, 0.1) is 30.7 Å². The van der Waals surface area contributed by atoms with Crippen LogP contribution >= 0.6 is 11.5 Å². The first-order valence-corrected chi connectivity index (χ1v) is 9.86. The smallest absolute Gasteiger partial charge is 0.283 e. The molecule has 29 heavy (non-hydrogen) atoms. The zero-order valence-electron chi connectivity index (χ0n) is 16.0. The zero-order valence-corrected chi connectivity index (χ0v) is 16.8. The highest BCUT2D eigenvalue weighted by molar-refractivity contribution is 7.08. The van der Waals surface area contributed by atoms with Gasteiger partial charge in [-0.1, -0.05) is 18.2 Å². The number of amides is 1. The Bertz CT molecular complexity index is 1190. The number of hydrogen-bond acceptors (Lipinski definition) is 6. The first kappa shape index (κ1) is 18.8. The van der Waals surface area contributed by atoms with Crippen molar-refractivity contribution in [2.75, 3.05) is 7.11 Å². The molecule has 2 heterocycles. The van der Waals surface area contributed by atoms with Crippen molar-refractivity contribution in [3.05, 3.63) is 65.2 Å². The number of hydrazone groups is 1. The molecule has 0 atom stereocenters. The van der Waals surface area contributed by atoms with Crippen LogP contribution in [-0.2, 0) is 6.54 Å². The van der Waals surface area contributed by atoms with E-state index in [-0.39, 0.29) is 5.91 Å². The zero-order chi connectivity index (χ0) is 20.2. The minimum atomic E-state index is -0.306. The Hall–Kier alpha value is -3.52. The highest BCUT2D eigenvalue weighted by Gasteiger charge is 2.13. The second-order valence-electron chi connectivity index (χ2n) is 6.25. The lowest BCUT2D eigenvalue weighted by atomic mass is 10.1. The van der Waals surface area contributed by atoms with Crippen molar-refractivity contribution in [3.63, 3.8) is 0 Å². The maximum Gasteiger partial charge on any atom is 0.283 e. The Morgan fingerprint density at radius 1 is 1.28 bits per heavy atom. The van der Waals surface area contributed by atoms with Crippen LogP contribution in [0.1, 0.15) is 22.2 Å². The van der Waals surface area contributed by atoms with Crippen molar-refractivity contribution in [2.45, 2.75) is 13.5 Å². The molecule has 4 rings (SSSR count). The molecular weight excluding hydrogens is 386 g/mol. The molecule has 0 spiro atoms. The van der Waals surface area contributed by atoms with Crippen molar-refractivity contribution in [1.82, 2.24) is 19.6 Å². The monoisotopic (exact) mass is 405 g/mol. The number of carbonyl (C=O) groups excluding carboxylic acids is 1. The average Bonchev–Trinajstić information content (AvgIpc) is 3.40. The number of nitrogens with one attached hydrogen (secondary N) is 1. The fourth-order valence-electron chi connectivity index (χ4n) is 3.02. The molecule has 0 saturated carbocycles. The molecule has 1 amide bonds. The molecule has 0 aliphatic rings. The molecular formula is C21H19N5O2S. The average molecular weight is 405 g/mol. The summed E-state index contributed by atoms with van der Waals surface area (Å²) in [5.74, 6) is 0.407. The highest BCUT2D eigenvalue weighted by Crippen LogP contribution is 2.30. The van der Waals surface area contributed by atoms with E-state index >= 15 is 0 Å². The van der Waals surface area contributed by atoms with Crippen LogP contribution in [0.4, 0.5) is 0 Å². The second-order valence-corrected chi connectivity index (χ2v) is 7.06. The minimum absolute atomic E-state index is 0.306. The Morgan fingerprint density at radius 2 is 2.14 bits per heavy atom. The van der Waals surface area contributed by atoms with Crippen molar-refractivity contribution in [3.8, 4) is 17.0 Å². The largest absolute Gasteiger partial charge is 0.496 e. The summed E-state index contributed by atoms with van der Waals surface area (Å²) in [7, 11) is 1.61. The number of para-hydroxylation sites is 1. The summed E-state index contributed by atoms with van der Waals surface area (Å²) in [5, 5.41) is 9.43. The number of aryl methyl sites for hydroxylation is 1. The summed E-state index contributed by atoms with van der Waals surface area (Å²) in [6.45, 7) is 2.87. The molecule has 0 radical (unpaired) electrons. The van der Waals surface area contributed by atoms with E-state index in [1.807, 2.05) is 53.3 Å². The van der Waals surface area contributed by atoms with Crippen LogP contribution in [0.3, 0.4) is 0 Å². The van der Waals surface area contributed by atoms with E-state index in [4.69, 9.17) is 4.74 Å². The maximum atomic E-state index is 12.4. The number of fused-ring (bicyclic) bond motifs is 1. The van der Waals surface area contributed by atoms with E-state index in [1.165, 1.54) is 0 Å². The molecule has 0 aliphatic carbocycles. The predicted octanol–water partition coefficient (Wildman–Crippen LogP) is 3.95. The van der Waals surface area contributed by atoms with Crippen molar-refractivity contribution in [1.29, 1.82) is 0 Å². The summed E-state index contributed by atoms with van der Waals surface area (Å²) >= 11 is 1.12.